The summed E-state index contributed by atoms with van der Waals surface area (Å²) in [6, 6.07) is 7.68. The van der Waals surface area contributed by atoms with Gasteiger partial charge in [0.05, 0.1) is 0 Å². The fourth-order valence-electron chi connectivity index (χ4n) is 2.50. The Labute approximate surface area is 182 Å². The molecular weight excluding hydrogens is 425 g/mol. The number of unbranched alkanes of at least 4 members (excludes halogenated alkanes) is 5. The zero-order valence-electron chi connectivity index (χ0n) is 15.8. The number of benzene rings is 1. The molecule has 4 nitrogen and oxygen atoms in total. The molecule has 0 fully saturated rings. The van der Waals surface area contributed by atoms with Crippen LogP contribution in [-0.4, -0.2) is 21.0 Å². The molecule has 0 radical (unpaired) electrons. The molecule has 27 heavy (non-hydrogen) atoms. The Bertz CT molecular complexity index is 608. The smallest absolute Gasteiger partial charge is 0.228 e. The van der Waals surface area contributed by atoms with Gasteiger partial charge in [0, 0.05) is 12.1 Å². The Hall–Kier alpha value is -0.750. The number of aryl methyl sites for hydroxylation is 1. The maximum Gasteiger partial charge on any atom is 0.228 e. The number of hydrogen-bond donors (Lipinski definition) is 3. The van der Waals surface area contributed by atoms with Gasteiger partial charge in [0.1, 0.15) is 6.17 Å². The first-order chi connectivity index (χ1) is 12.7. The number of anilines is 1. The van der Waals surface area contributed by atoms with Crippen molar-refractivity contribution in [3.05, 3.63) is 29.8 Å². The lowest BCUT2D eigenvalue weighted by Crippen LogP contribution is -2.56. The molecule has 8 heteroatoms. The molecule has 0 saturated heterocycles. The van der Waals surface area contributed by atoms with Gasteiger partial charge >= 0.3 is 0 Å². The van der Waals surface area contributed by atoms with E-state index in [-0.39, 0.29) is 11.0 Å². The van der Waals surface area contributed by atoms with Crippen LogP contribution < -0.4 is 16.0 Å². The molecule has 3 N–H and O–H groups in total. The van der Waals surface area contributed by atoms with E-state index in [0.717, 1.165) is 30.5 Å². The van der Waals surface area contributed by atoms with Crippen molar-refractivity contribution in [2.75, 3.05) is 5.32 Å². The number of thiocarbonyl (C=S) groups is 1. The molecule has 0 aliphatic rings. The molecule has 0 aliphatic heterocycles. The first kappa shape index (κ1) is 24.3. The summed E-state index contributed by atoms with van der Waals surface area (Å²) in [5.74, 6) is -0.173. The number of nitrogens with one attached hydrogen (secondary N) is 3. The Balaban J connectivity index is 2.49. The third-order valence-electron chi connectivity index (χ3n) is 4.06. The lowest BCUT2D eigenvalue weighted by atomic mass is 10.1. The van der Waals surface area contributed by atoms with Gasteiger partial charge in [0.15, 0.2) is 5.11 Å². The van der Waals surface area contributed by atoms with E-state index in [2.05, 4.69) is 22.9 Å². The fourth-order valence-corrected chi connectivity index (χ4v) is 3.06. The van der Waals surface area contributed by atoms with Gasteiger partial charge in [-0.15, -0.1) is 0 Å². The Morgan fingerprint density at radius 1 is 1.07 bits per heavy atom. The Kier molecular flexibility index (Phi) is 11.4. The molecule has 1 aromatic rings. The lowest BCUT2D eigenvalue weighted by Gasteiger charge is -2.28. The van der Waals surface area contributed by atoms with Crippen LogP contribution >= 0.6 is 47.0 Å². The van der Waals surface area contributed by atoms with Gasteiger partial charge in [-0.05, 0) is 37.2 Å². The van der Waals surface area contributed by atoms with Gasteiger partial charge in [-0.1, -0.05) is 92.0 Å². The van der Waals surface area contributed by atoms with E-state index in [1.807, 2.05) is 31.2 Å². The quantitative estimate of drug-likeness (QED) is 0.180. The van der Waals surface area contributed by atoms with Crippen molar-refractivity contribution in [2.24, 2.45) is 0 Å². The highest BCUT2D eigenvalue weighted by Crippen LogP contribution is 2.29. The number of hydrogen-bond acceptors (Lipinski definition) is 2. The number of halogens is 3. The monoisotopic (exact) mass is 451 g/mol. The van der Waals surface area contributed by atoms with Crippen LogP contribution in [0, 0.1) is 6.92 Å². The maximum atomic E-state index is 12.2. The molecule has 0 aromatic heterocycles. The topological polar surface area (TPSA) is 53.2 Å². The van der Waals surface area contributed by atoms with Crippen molar-refractivity contribution in [1.29, 1.82) is 0 Å². The lowest BCUT2D eigenvalue weighted by molar-refractivity contribution is -0.122. The van der Waals surface area contributed by atoms with E-state index in [0.29, 0.717) is 6.42 Å². The van der Waals surface area contributed by atoms with E-state index >= 15 is 0 Å². The molecule has 0 heterocycles. The second-order valence-electron chi connectivity index (χ2n) is 6.47. The summed E-state index contributed by atoms with van der Waals surface area (Å²) in [7, 11) is 0. The molecule has 0 aliphatic carbocycles. The summed E-state index contributed by atoms with van der Waals surface area (Å²) in [4.78, 5) is 12.2. The first-order valence-electron chi connectivity index (χ1n) is 9.23. The van der Waals surface area contributed by atoms with Crippen LogP contribution in [0.3, 0.4) is 0 Å². The maximum absolute atomic E-state index is 12.2. The van der Waals surface area contributed by atoms with Crippen molar-refractivity contribution in [1.82, 2.24) is 10.6 Å². The van der Waals surface area contributed by atoms with Crippen LogP contribution in [-0.2, 0) is 4.79 Å². The summed E-state index contributed by atoms with van der Waals surface area (Å²) in [6.45, 7) is 4.13. The highest BCUT2D eigenvalue weighted by Gasteiger charge is 2.34. The van der Waals surface area contributed by atoms with Crippen molar-refractivity contribution in [3.63, 3.8) is 0 Å². The molecule has 1 rings (SSSR count). The van der Waals surface area contributed by atoms with Crippen LogP contribution in [0.2, 0.25) is 0 Å². The van der Waals surface area contributed by atoms with Crippen LogP contribution in [0.25, 0.3) is 0 Å². The van der Waals surface area contributed by atoms with E-state index < -0.39 is 9.96 Å². The van der Waals surface area contributed by atoms with Gasteiger partial charge in [-0.2, -0.15) is 0 Å². The number of amides is 1. The van der Waals surface area contributed by atoms with Gasteiger partial charge in [0.2, 0.25) is 9.70 Å². The summed E-state index contributed by atoms with van der Waals surface area (Å²) >= 11 is 23.3. The average Bonchev–Trinajstić information content (AvgIpc) is 2.58. The molecule has 1 amide bonds. The number of carbonyl (C=O) groups is 1. The Morgan fingerprint density at radius 2 is 1.70 bits per heavy atom. The van der Waals surface area contributed by atoms with E-state index in [9.17, 15) is 4.79 Å². The highest BCUT2D eigenvalue weighted by atomic mass is 35.6. The van der Waals surface area contributed by atoms with Crippen molar-refractivity contribution < 1.29 is 4.79 Å². The molecule has 152 valence electrons. The zero-order valence-corrected chi connectivity index (χ0v) is 18.9. The number of alkyl halides is 3. The van der Waals surface area contributed by atoms with Gasteiger partial charge < -0.3 is 16.0 Å². The minimum Gasteiger partial charge on any atom is -0.339 e. The molecule has 0 unspecified atom stereocenters. The molecule has 1 atom stereocenters. The average molecular weight is 453 g/mol. The van der Waals surface area contributed by atoms with Gasteiger partial charge in [-0.25, -0.2) is 0 Å². The summed E-state index contributed by atoms with van der Waals surface area (Å²) in [6.07, 6.45) is 6.07. The molecule has 0 bridgehead atoms. The fraction of sp³-hybridized carbons (Fsp3) is 0.579. The predicted molar refractivity (Wildman–Crippen MR) is 121 cm³/mol. The summed E-state index contributed by atoms with van der Waals surface area (Å²) in [5, 5.41) is 8.91. The van der Waals surface area contributed by atoms with Crippen molar-refractivity contribution >= 4 is 63.7 Å². The minimum absolute atomic E-state index is 0.173. The second-order valence-corrected chi connectivity index (χ2v) is 9.25. The van der Waals surface area contributed by atoms with Crippen molar-refractivity contribution in [3.8, 4) is 0 Å². The number of carbonyl (C=O) groups excluding carboxylic acids is 1. The summed E-state index contributed by atoms with van der Waals surface area (Å²) < 4.78 is -1.74. The normalized spacial score (nSPS) is 12.3. The number of rotatable bonds is 10. The van der Waals surface area contributed by atoms with E-state index in [4.69, 9.17) is 47.0 Å². The van der Waals surface area contributed by atoms with Gasteiger partial charge in [-0.3, -0.25) is 4.79 Å². The minimum atomic E-state index is -1.74. The van der Waals surface area contributed by atoms with Gasteiger partial charge in [0.25, 0.3) is 0 Å². The van der Waals surface area contributed by atoms with E-state index in [1.165, 1.54) is 19.3 Å². The predicted octanol–water partition coefficient (Wildman–Crippen LogP) is 5.84. The highest BCUT2D eigenvalue weighted by molar-refractivity contribution is 7.80. The molecule has 0 saturated carbocycles. The van der Waals surface area contributed by atoms with Crippen LogP contribution in [0.4, 0.5) is 5.69 Å². The molecule has 1 aromatic carbocycles. The standard InChI is InChI=1S/C19H28Cl3N3OS/c1-3-4-5-6-7-8-13-16(26)24-17(19(20,21)22)25-18(27)23-15-12-10-9-11-14(15)2/h9-12,17H,3-8,13H2,1-2H3,(H,24,26)(H2,23,25,27)/t17-/m1/s1. The summed E-state index contributed by atoms with van der Waals surface area (Å²) in [5.41, 5.74) is 1.87. The van der Waals surface area contributed by atoms with Crippen molar-refractivity contribution in [2.45, 2.75) is 68.8 Å². The third-order valence-corrected chi connectivity index (χ3v) is 4.93. The largest absolute Gasteiger partial charge is 0.339 e. The van der Waals surface area contributed by atoms with Crippen LogP contribution in [0.15, 0.2) is 24.3 Å². The SMILES string of the molecule is CCCCCCCCC(=O)N[C@H](NC(=S)Nc1ccccc1C)C(Cl)(Cl)Cl. The molecular formula is C19H28Cl3N3OS. The van der Waals surface area contributed by atoms with Crippen LogP contribution in [0.1, 0.15) is 57.4 Å². The zero-order chi connectivity index (χ0) is 20.3. The molecule has 0 spiro atoms. The number of para-hydroxylation sites is 1. The first-order valence-corrected chi connectivity index (χ1v) is 10.8. The third kappa shape index (κ3) is 10.4. The van der Waals surface area contributed by atoms with Crippen LogP contribution in [0.5, 0.6) is 0 Å². The Morgan fingerprint density at radius 3 is 2.33 bits per heavy atom. The second kappa shape index (κ2) is 12.7. The van der Waals surface area contributed by atoms with E-state index in [1.54, 1.807) is 0 Å².